The van der Waals surface area contributed by atoms with E-state index in [2.05, 4.69) is 28.8 Å². The Morgan fingerprint density at radius 1 is 1.10 bits per heavy atom. The number of halogens is 2. The minimum Gasteiger partial charge on any atom is -0.352 e. The van der Waals surface area contributed by atoms with Gasteiger partial charge in [0.05, 0.1) is 20.6 Å². The molecule has 0 aliphatic carbocycles. The molecule has 1 aromatic heterocycles. The van der Waals surface area contributed by atoms with Crippen molar-refractivity contribution in [1.29, 1.82) is 0 Å². The summed E-state index contributed by atoms with van der Waals surface area (Å²) in [5.74, 6) is 0.0971. The summed E-state index contributed by atoms with van der Waals surface area (Å²) in [7, 11) is 0. The van der Waals surface area contributed by atoms with Crippen molar-refractivity contribution in [2.45, 2.75) is 37.6 Å². The number of piperidine rings is 1. The van der Waals surface area contributed by atoms with Crippen LogP contribution in [0.2, 0.25) is 0 Å². The number of nitrogens with zero attached hydrogens (tertiary/aromatic N) is 1. The molecule has 4 nitrogen and oxygen atoms in total. The molecule has 1 unspecified atom stereocenters. The van der Waals surface area contributed by atoms with Gasteiger partial charge in [0.2, 0.25) is 5.91 Å². The number of benzene rings is 2. The molecule has 0 bridgehead atoms. The summed E-state index contributed by atoms with van der Waals surface area (Å²) in [6, 6.07) is 18.5. The summed E-state index contributed by atoms with van der Waals surface area (Å²) < 4.78 is 1.17. The second-order valence-electron chi connectivity index (χ2n) is 7.45. The van der Waals surface area contributed by atoms with E-state index in [1.54, 1.807) is 11.3 Å². The predicted molar refractivity (Wildman–Crippen MR) is 126 cm³/mol. The molecule has 1 aliphatic heterocycles. The van der Waals surface area contributed by atoms with Crippen LogP contribution in [0.4, 0.5) is 0 Å². The molecule has 1 atom stereocenters. The zero-order chi connectivity index (χ0) is 18.7. The Hall–Kier alpha value is -1.66. The maximum Gasteiger partial charge on any atom is 0.231 e. The monoisotopic (exact) mass is 451 g/mol. The molecule has 2 heterocycles. The molecule has 0 spiro atoms. The lowest BCUT2D eigenvalue weighted by Crippen LogP contribution is -2.50. The van der Waals surface area contributed by atoms with Crippen LogP contribution in [-0.2, 0) is 16.6 Å². The van der Waals surface area contributed by atoms with Gasteiger partial charge in [-0.2, -0.15) is 0 Å². The Morgan fingerprint density at radius 3 is 2.45 bits per heavy atom. The van der Waals surface area contributed by atoms with Crippen molar-refractivity contribution in [2.75, 3.05) is 13.1 Å². The number of amides is 1. The molecule has 1 fully saturated rings. The summed E-state index contributed by atoms with van der Waals surface area (Å²) in [4.78, 5) is 18.2. The highest BCUT2D eigenvalue weighted by molar-refractivity contribution is 7.18. The van der Waals surface area contributed by atoms with E-state index in [1.165, 1.54) is 4.70 Å². The minimum atomic E-state index is -0.639. The van der Waals surface area contributed by atoms with Crippen molar-refractivity contribution < 1.29 is 4.79 Å². The first-order chi connectivity index (χ1) is 13.1. The van der Waals surface area contributed by atoms with Crippen LogP contribution in [0.3, 0.4) is 0 Å². The Bertz CT molecular complexity index is 895. The van der Waals surface area contributed by atoms with Gasteiger partial charge in [0.15, 0.2) is 0 Å². The Balaban J connectivity index is 0.00000150. The summed E-state index contributed by atoms with van der Waals surface area (Å²) in [6.07, 6.45) is 2.57. The molecular formula is C22H27Cl2N3OS. The zero-order valence-corrected chi connectivity index (χ0v) is 18.8. The van der Waals surface area contributed by atoms with Crippen LogP contribution in [0, 0.1) is 0 Å². The van der Waals surface area contributed by atoms with Crippen LogP contribution in [0.5, 0.6) is 0 Å². The van der Waals surface area contributed by atoms with Crippen molar-refractivity contribution in [2.24, 2.45) is 0 Å². The van der Waals surface area contributed by atoms with Gasteiger partial charge in [0, 0.05) is 12.5 Å². The standard InChI is InChI=1S/C22H25N3OS.2ClH/c1-22(16-7-3-2-4-8-16,21(26)24-17-11-13-23-14-12-17)15-20-25-18-9-5-6-10-19(18)27-20;;/h2-10,17,23H,11-15H2,1H3,(H,24,26);2*1H. The SMILES string of the molecule is CC(Cc1nc2ccccc2s1)(C(=O)NC1CCNCC1)c1ccccc1.Cl.Cl. The number of rotatable bonds is 5. The molecule has 4 rings (SSSR count). The van der Waals surface area contributed by atoms with Crippen molar-refractivity contribution in [3.05, 3.63) is 65.2 Å². The molecule has 1 amide bonds. The zero-order valence-electron chi connectivity index (χ0n) is 16.4. The van der Waals surface area contributed by atoms with Crippen LogP contribution in [0.1, 0.15) is 30.3 Å². The third kappa shape index (κ3) is 5.28. The lowest BCUT2D eigenvalue weighted by atomic mass is 9.78. The third-order valence-electron chi connectivity index (χ3n) is 5.43. The van der Waals surface area contributed by atoms with Gasteiger partial charge in [0.25, 0.3) is 0 Å². The van der Waals surface area contributed by atoms with Crippen molar-refractivity contribution in [3.8, 4) is 0 Å². The van der Waals surface area contributed by atoms with E-state index in [-0.39, 0.29) is 36.8 Å². The lowest BCUT2D eigenvalue weighted by molar-refractivity contribution is -0.127. The highest BCUT2D eigenvalue weighted by Crippen LogP contribution is 2.32. The Kier molecular flexibility index (Phi) is 8.46. The summed E-state index contributed by atoms with van der Waals surface area (Å²) in [5.41, 5.74) is 1.40. The molecule has 3 aromatic rings. The quantitative estimate of drug-likeness (QED) is 0.599. The third-order valence-corrected chi connectivity index (χ3v) is 6.47. The first-order valence-corrected chi connectivity index (χ1v) is 10.4. The number of carbonyl (C=O) groups excluding carboxylic acids is 1. The van der Waals surface area contributed by atoms with Crippen LogP contribution in [-0.4, -0.2) is 30.0 Å². The van der Waals surface area contributed by atoms with E-state index < -0.39 is 5.41 Å². The van der Waals surface area contributed by atoms with Gasteiger partial charge in [-0.05, 0) is 50.6 Å². The molecule has 29 heavy (non-hydrogen) atoms. The average molecular weight is 452 g/mol. The second kappa shape index (κ2) is 10.4. The molecule has 7 heteroatoms. The molecule has 156 valence electrons. The molecular weight excluding hydrogens is 425 g/mol. The van der Waals surface area contributed by atoms with Gasteiger partial charge < -0.3 is 10.6 Å². The van der Waals surface area contributed by atoms with Crippen LogP contribution < -0.4 is 10.6 Å². The van der Waals surface area contributed by atoms with Crippen molar-refractivity contribution >= 4 is 52.3 Å². The van der Waals surface area contributed by atoms with Crippen LogP contribution in [0.15, 0.2) is 54.6 Å². The Morgan fingerprint density at radius 2 is 1.76 bits per heavy atom. The number of thiazole rings is 1. The number of para-hydroxylation sites is 1. The van der Waals surface area contributed by atoms with Gasteiger partial charge in [-0.3, -0.25) is 4.79 Å². The predicted octanol–water partition coefficient (Wildman–Crippen LogP) is 4.51. The summed E-state index contributed by atoms with van der Waals surface area (Å²) in [6.45, 7) is 3.97. The molecule has 2 N–H and O–H groups in total. The highest BCUT2D eigenvalue weighted by Gasteiger charge is 2.37. The van der Waals surface area contributed by atoms with E-state index in [1.807, 2.05) is 43.3 Å². The van der Waals surface area contributed by atoms with Gasteiger partial charge >= 0.3 is 0 Å². The maximum absolute atomic E-state index is 13.4. The number of hydrogen-bond donors (Lipinski definition) is 2. The summed E-state index contributed by atoms with van der Waals surface area (Å²) >= 11 is 1.68. The van der Waals surface area contributed by atoms with Crippen molar-refractivity contribution in [3.63, 3.8) is 0 Å². The normalized spacial score (nSPS) is 16.3. The van der Waals surface area contributed by atoms with Crippen LogP contribution in [0.25, 0.3) is 10.2 Å². The molecule has 0 saturated carbocycles. The fourth-order valence-corrected chi connectivity index (χ4v) is 4.85. The molecule has 2 aromatic carbocycles. The van der Waals surface area contributed by atoms with Gasteiger partial charge in [-0.15, -0.1) is 36.2 Å². The van der Waals surface area contributed by atoms with Gasteiger partial charge in [-0.1, -0.05) is 42.5 Å². The minimum absolute atomic E-state index is 0. The number of nitrogens with one attached hydrogen (secondary N) is 2. The van der Waals surface area contributed by atoms with Crippen molar-refractivity contribution in [1.82, 2.24) is 15.6 Å². The Labute approximate surface area is 188 Å². The fourth-order valence-electron chi connectivity index (χ4n) is 3.73. The maximum atomic E-state index is 13.4. The number of aromatic nitrogens is 1. The smallest absolute Gasteiger partial charge is 0.231 e. The topological polar surface area (TPSA) is 54.0 Å². The molecule has 1 aliphatic rings. The number of fused-ring (bicyclic) bond motifs is 1. The van der Waals surface area contributed by atoms with Gasteiger partial charge in [0.1, 0.15) is 0 Å². The van der Waals surface area contributed by atoms with E-state index in [0.29, 0.717) is 6.42 Å². The van der Waals surface area contributed by atoms with Gasteiger partial charge in [-0.25, -0.2) is 4.98 Å². The van der Waals surface area contributed by atoms with E-state index in [0.717, 1.165) is 42.0 Å². The number of carbonyl (C=O) groups is 1. The first-order valence-electron chi connectivity index (χ1n) is 9.57. The molecule has 1 saturated heterocycles. The molecule has 0 radical (unpaired) electrons. The lowest BCUT2D eigenvalue weighted by Gasteiger charge is -2.32. The first kappa shape index (κ1) is 23.6. The summed E-state index contributed by atoms with van der Waals surface area (Å²) in [5, 5.41) is 7.67. The number of hydrogen-bond acceptors (Lipinski definition) is 4. The highest BCUT2D eigenvalue weighted by atomic mass is 35.5. The second-order valence-corrected chi connectivity index (χ2v) is 8.56. The van der Waals surface area contributed by atoms with Crippen LogP contribution >= 0.6 is 36.2 Å². The van der Waals surface area contributed by atoms with E-state index in [4.69, 9.17) is 4.98 Å². The average Bonchev–Trinajstić information content (AvgIpc) is 3.11. The largest absolute Gasteiger partial charge is 0.352 e. The fraction of sp³-hybridized carbons (Fsp3) is 0.364. The van der Waals surface area contributed by atoms with E-state index >= 15 is 0 Å². The van der Waals surface area contributed by atoms with E-state index in [9.17, 15) is 4.79 Å².